The Hall–Kier alpha value is -1.15. The van der Waals surface area contributed by atoms with E-state index in [2.05, 4.69) is 0 Å². The zero-order chi connectivity index (χ0) is 18.7. The van der Waals surface area contributed by atoms with Crippen LogP contribution in [0.2, 0.25) is 0 Å². The summed E-state index contributed by atoms with van der Waals surface area (Å²) in [6.45, 7) is 10.1. The molecule has 1 heterocycles. The van der Waals surface area contributed by atoms with Crippen molar-refractivity contribution in [2.24, 2.45) is 0 Å². The molecular weight excluding hydrogens is 339 g/mol. The lowest BCUT2D eigenvalue weighted by atomic mass is 9.89. The van der Waals surface area contributed by atoms with Crippen molar-refractivity contribution in [3.05, 3.63) is 41.9 Å². The smallest absolute Gasteiger partial charge is 0.400 e. The van der Waals surface area contributed by atoms with Crippen molar-refractivity contribution in [3.8, 4) is 0 Å². The van der Waals surface area contributed by atoms with Crippen LogP contribution in [-0.2, 0) is 23.6 Å². The second-order valence-corrected chi connectivity index (χ2v) is 8.90. The van der Waals surface area contributed by atoms with Crippen molar-refractivity contribution in [2.75, 3.05) is 6.61 Å². The molecular formula is C18H27BO5S. The Bertz CT molecular complexity index is 691. The molecule has 1 saturated heterocycles. The molecule has 7 heteroatoms. The summed E-state index contributed by atoms with van der Waals surface area (Å²) in [5.74, 6) is 1.87. The van der Waals surface area contributed by atoms with Crippen molar-refractivity contribution >= 4 is 17.2 Å². The van der Waals surface area contributed by atoms with Gasteiger partial charge in [-0.15, -0.1) is 0 Å². The Morgan fingerprint density at radius 1 is 1.08 bits per heavy atom. The quantitative estimate of drug-likeness (QED) is 0.419. The average Bonchev–Trinajstić information content (AvgIpc) is 2.70. The van der Waals surface area contributed by atoms with E-state index in [1.807, 2.05) is 46.7 Å². The lowest BCUT2D eigenvalue weighted by Gasteiger charge is -2.32. The third kappa shape index (κ3) is 5.17. The molecule has 0 N–H and O–H groups in total. The van der Waals surface area contributed by atoms with E-state index in [-0.39, 0.29) is 29.8 Å². The average molecular weight is 366 g/mol. The Morgan fingerprint density at radius 2 is 1.64 bits per heavy atom. The van der Waals surface area contributed by atoms with Crippen molar-refractivity contribution in [1.29, 1.82) is 0 Å². The summed E-state index contributed by atoms with van der Waals surface area (Å²) in [6.07, 6.45) is 3.22. The first-order valence-corrected chi connectivity index (χ1v) is 9.93. The molecule has 1 aromatic carbocycles. The molecule has 0 radical (unpaired) electrons. The molecule has 25 heavy (non-hydrogen) atoms. The van der Waals surface area contributed by atoms with Gasteiger partial charge >= 0.3 is 7.12 Å². The number of rotatable bonds is 7. The molecule has 1 fully saturated rings. The van der Waals surface area contributed by atoms with Crippen LogP contribution in [0.25, 0.3) is 0 Å². The Balaban J connectivity index is 1.74. The molecule has 1 aliphatic heterocycles. The maximum Gasteiger partial charge on any atom is 0.486 e. The van der Waals surface area contributed by atoms with Crippen LogP contribution in [-0.4, -0.2) is 33.3 Å². The zero-order valence-electron chi connectivity index (χ0n) is 15.6. The minimum Gasteiger partial charge on any atom is -0.400 e. The van der Waals surface area contributed by atoms with Crippen molar-refractivity contribution < 1.29 is 21.9 Å². The van der Waals surface area contributed by atoms with E-state index in [0.717, 1.165) is 5.56 Å². The van der Waals surface area contributed by atoms with E-state index in [1.165, 1.54) is 0 Å². The van der Waals surface area contributed by atoms with Crippen LogP contribution in [0.3, 0.4) is 0 Å². The molecule has 0 atom stereocenters. The summed E-state index contributed by atoms with van der Waals surface area (Å²) >= 11 is 0. The van der Waals surface area contributed by atoms with E-state index in [4.69, 9.17) is 13.5 Å². The van der Waals surface area contributed by atoms with Crippen LogP contribution in [0.15, 0.2) is 41.2 Å². The second kappa shape index (κ2) is 7.62. The van der Waals surface area contributed by atoms with Gasteiger partial charge in [-0.3, -0.25) is 4.18 Å². The van der Waals surface area contributed by atoms with E-state index in [0.29, 0.717) is 12.8 Å². The Kier molecular flexibility index (Phi) is 6.15. The molecule has 2 rings (SSSR count). The van der Waals surface area contributed by atoms with Gasteiger partial charge < -0.3 is 9.31 Å². The third-order valence-corrected chi connectivity index (χ3v) is 5.95. The van der Waals surface area contributed by atoms with Crippen molar-refractivity contribution in [1.82, 2.24) is 0 Å². The predicted octanol–water partition coefficient (Wildman–Crippen LogP) is 3.67. The van der Waals surface area contributed by atoms with Crippen molar-refractivity contribution in [2.45, 2.75) is 63.6 Å². The Morgan fingerprint density at radius 3 is 2.20 bits per heavy atom. The molecule has 0 aromatic heterocycles. The predicted molar refractivity (Wildman–Crippen MR) is 98.8 cm³/mol. The van der Waals surface area contributed by atoms with Crippen LogP contribution in [0.5, 0.6) is 0 Å². The number of aryl methyl sites for hydroxylation is 1. The molecule has 5 nitrogen and oxygen atoms in total. The monoisotopic (exact) mass is 366 g/mol. The zero-order valence-corrected chi connectivity index (χ0v) is 16.4. The van der Waals surface area contributed by atoms with Crippen LogP contribution < -0.4 is 0 Å². The molecule has 1 aromatic rings. The highest BCUT2D eigenvalue weighted by Gasteiger charge is 2.49. The molecule has 0 aliphatic carbocycles. The van der Waals surface area contributed by atoms with Gasteiger partial charge in [0.2, 0.25) is 0 Å². The summed E-state index contributed by atoms with van der Waals surface area (Å²) in [7, 11) is -4.06. The number of unbranched alkanes of at least 4 members (excludes halogenated alkanes) is 1. The van der Waals surface area contributed by atoms with Crippen molar-refractivity contribution in [3.63, 3.8) is 0 Å². The minimum atomic E-state index is -3.68. The third-order valence-electron chi connectivity index (χ3n) is 4.63. The van der Waals surface area contributed by atoms with Crippen LogP contribution in [0.1, 0.15) is 46.1 Å². The molecule has 1 aliphatic rings. The number of hydrogen-bond donors (Lipinski definition) is 0. The highest BCUT2D eigenvalue weighted by atomic mass is 32.2. The van der Waals surface area contributed by atoms with Gasteiger partial charge in [-0.05, 0) is 59.6 Å². The van der Waals surface area contributed by atoms with Gasteiger partial charge in [-0.1, -0.05) is 29.7 Å². The van der Waals surface area contributed by atoms with Gasteiger partial charge in [-0.2, -0.15) is 8.42 Å². The molecule has 0 spiro atoms. The number of allylic oxidation sites excluding steroid dienone is 1. The minimum absolute atomic E-state index is 0.143. The van der Waals surface area contributed by atoms with E-state index in [9.17, 15) is 8.42 Å². The molecule has 0 amide bonds. The fourth-order valence-corrected chi connectivity index (χ4v) is 3.26. The van der Waals surface area contributed by atoms with Crippen LogP contribution >= 0.6 is 0 Å². The van der Waals surface area contributed by atoms with Gasteiger partial charge in [0, 0.05) is 0 Å². The SMILES string of the molecule is Cc1ccc(S(=O)(=O)OCCC/C=C/B2OC(C)(C)C(C)(C)O2)cc1. The van der Waals surface area contributed by atoms with Gasteiger partial charge in [0.1, 0.15) is 0 Å². The maximum atomic E-state index is 12.0. The van der Waals surface area contributed by atoms with Gasteiger partial charge in [0.05, 0.1) is 22.7 Å². The van der Waals surface area contributed by atoms with E-state index >= 15 is 0 Å². The maximum absolute atomic E-state index is 12.0. The fraction of sp³-hybridized carbons (Fsp3) is 0.556. The highest BCUT2D eigenvalue weighted by molar-refractivity contribution is 7.86. The summed E-state index contributed by atoms with van der Waals surface area (Å²) < 4.78 is 40.9. The van der Waals surface area contributed by atoms with Crippen LogP contribution in [0, 0.1) is 6.92 Å². The highest BCUT2D eigenvalue weighted by Crippen LogP contribution is 2.36. The van der Waals surface area contributed by atoms with Gasteiger partial charge in [-0.25, -0.2) is 0 Å². The summed E-state index contributed by atoms with van der Waals surface area (Å²) in [5, 5.41) is 0. The largest absolute Gasteiger partial charge is 0.486 e. The standard InChI is InChI=1S/C18H27BO5S/c1-15-9-11-16(12-10-15)25(20,21)22-14-8-6-7-13-19-23-17(2,3)18(4,5)24-19/h7,9-13H,6,8,14H2,1-5H3/b13-7+. The molecule has 138 valence electrons. The van der Waals surface area contributed by atoms with E-state index < -0.39 is 10.1 Å². The number of benzene rings is 1. The van der Waals surface area contributed by atoms with Crippen LogP contribution in [0.4, 0.5) is 0 Å². The fourth-order valence-electron chi connectivity index (χ4n) is 2.32. The molecule has 0 unspecified atom stereocenters. The van der Waals surface area contributed by atoms with Gasteiger partial charge in [0.25, 0.3) is 10.1 Å². The van der Waals surface area contributed by atoms with E-state index in [1.54, 1.807) is 24.3 Å². The summed E-state index contributed by atoms with van der Waals surface area (Å²) in [5.41, 5.74) is 0.298. The molecule has 0 saturated carbocycles. The lowest BCUT2D eigenvalue weighted by Crippen LogP contribution is -2.41. The normalized spacial score (nSPS) is 19.6. The second-order valence-electron chi connectivity index (χ2n) is 7.28. The summed E-state index contributed by atoms with van der Waals surface area (Å²) in [6, 6.07) is 6.62. The topological polar surface area (TPSA) is 61.8 Å². The van der Waals surface area contributed by atoms with Gasteiger partial charge in [0.15, 0.2) is 0 Å². The first-order valence-electron chi connectivity index (χ1n) is 8.52. The summed E-state index contributed by atoms with van der Waals surface area (Å²) in [4.78, 5) is 0.186. The number of hydrogen-bond acceptors (Lipinski definition) is 5. The first kappa shape index (κ1) is 20.2. The lowest BCUT2D eigenvalue weighted by molar-refractivity contribution is 0.00578. The molecule has 0 bridgehead atoms. The first-order chi connectivity index (χ1) is 11.5. The Labute approximate surface area is 151 Å².